The summed E-state index contributed by atoms with van der Waals surface area (Å²) in [6, 6.07) is 12.3. The molecule has 1 atom stereocenters. The van der Waals surface area contributed by atoms with Gasteiger partial charge in [0.05, 0.1) is 18.8 Å². The van der Waals surface area contributed by atoms with Crippen molar-refractivity contribution >= 4 is 17.6 Å². The van der Waals surface area contributed by atoms with Crippen LogP contribution in [-0.2, 0) is 11.2 Å². The molecule has 0 saturated carbocycles. The molecule has 4 rings (SSSR count). The summed E-state index contributed by atoms with van der Waals surface area (Å²) in [6.07, 6.45) is 7.48. The average molecular weight is 424 g/mol. The van der Waals surface area contributed by atoms with Crippen LogP contribution >= 0.6 is 0 Å². The average Bonchev–Trinajstić information content (AvgIpc) is 3.36. The fourth-order valence-electron chi connectivity index (χ4n) is 4.58. The Labute approximate surface area is 184 Å². The number of nitrogens with one attached hydrogen (secondary N) is 2. The zero-order valence-corrected chi connectivity index (χ0v) is 18.3. The zero-order chi connectivity index (χ0) is 21.5. The Morgan fingerprint density at radius 2 is 1.90 bits per heavy atom. The zero-order valence-electron chi connectivity index (χ0n) is 18.3. The van der Waals surface area contributed by atoms with Crippen molar-refractivity contribution in [1.29, 1.82) is 0 Å². The summed E-state index contributed by atoms with van der Waals surface area (Å²) in [5.74, 6) is 1.66. The predicted molar refractivity (Wildman–Crippen MR) is 123 cm³/mol. The molecule has 0 bridgehead atoms. The Morgan fingerprint density at radius 1 is 1.06 bits per heavy atom. The number of carbonyl (C=O) groups is 1. The molecule has 1 fully saturated rings. The molecule has 2 aromatic rings. The van der Waals surface area contributed by atoms with Gasteiger partial charge in [-0.25, -0.2) is 0 Å². The van der Waals surface area contributed by atoms with Crippen molar-refractivity contribution in [3.8, 4) is 0 Å². The molecule has 1 unspecified atom stereocenters. The molecule has 0 spiro atoms. The van der Waals surface area contributed by atoms with Gasteiger partial charge in [0.15, 0.2) is 5.96 Å². The van der Waals surface area contributed by atoms with Gasteiger partial charge in [0.2, 0.25) is 5.91 Å². The number of nitrogens with zero attached hydrogens (tertiary/aromatic N) is 3. The van der Waals surface area contributed by atoms with Gasteiger partial charge in [-0.2, -0.15) is 0 Å². The second-order valence-electron chi connectivity index (χ2n) is 8.21. The highest BCUT2D eigenvalue weighted by Gasteiger charge is 2.25. The Morgan fingerprint density at radius 3 is 2.68 bits per heavy atom. The minimum Gasteiger partial charge on any atom is -0.468 e. The van der Waals surface area contributed by atoms with Crippen LogP contribution in [0.2, 0.25) is 0 Å². The smallest absolute Gasteiger partial charge is 0.246 e. The standard InChI is InChI=1S/C24H33N5O2/c1-25-24(26-17-21(22-12-8-16-31-22)28-13-5-2-6-14-28)27-18-23(30)29-15-7-10-19-9-3-4-11-20(19)29/h3-4,8-9,11-12,16,21H,2,5-7,10,13-15,17-18H2,1H3,(H2,25,26,27). The van der Waals surface area contributed by atoms with E-state index in [0.717, 1.165) is 43.9 Å². The van der Waals surface area contributed by atoms with Crippen LogP contribution in [0.1, 0.15) is 43.0 Å². The third kappa shape index (κ3) is 5.28. The summed E-state index contributed by atoms with van der Waals surface area (Å²) < 4.78 is 5.72. The van der Waals surface area contributed by atoms with Crippen molar-refractivity contribution in [3.63, 3.8) is 0 Å². The van der Waals surface area contributed by atoms with Gasteiger partial charge in [-0.15, -0.1) is 0 Å². The van der Waals surface area contributed by atoms with Crippen molar-refractivity contribution in [2.45, 2.75) is 38.1 Å². The van der Waals surface area contributed by atoms with E-state index in [1.165, 1.54) is 24.8 Å². The van der Waals surface area contributed by atoms with E-state index in [2.05, 4.69) is 26.6 Å². The van der Waals surface area contributed by atoms with Gasteiger partial charge in [0.25, 0.3) is 0 Å². The number of carbonyl (C=O) groups excluding carboxylic acids is 1. The molecule has 1 aromatic heterocycles. The first-order valence-corrected chi connectivity index (χ1v) is 11.4. The predicted octanol–water partition coefficient (Wildman–Crippen LogP) is 2.95. The number of rotatable bonds is 6. The molecule has 166 valence electrons. The number of hydrogen-bond donors (Lipinski definition) is 2. The summed E-state index contributed by atoms with van der Waals surface area (Å²) in [7, 11) is 1.73. The van der Waals surface area contributed by atoms with Crippen molar-refractivity contribution < 1.29 is 9.21 Å². The normalized spacial score (nSPS) is 18.4. The van der Waals surface area contributed by atoms with E-state index in [1.54, 1.807) is 13.3 Å². The summed E-state index contributed by atoms with van der Waals surface area (Å²) in [5.41, 5.74) is 2.28. The van der Waals surface area contributed by atoms with E-state index in [-0.39, 0.29) is 18.5 Å². The van der Waals surface area contributed by atoms with Gasteiger partial charge in [-0.05, 0) is 62.5 Å². The fraction of sp³-hybridized carbons (Fsp3) is 0.500. The lowest BCUT2D eigenvalue weighted by Crippen LogP contribution is -2.48. The topological polar surface area (TPSA) is 73.1 Å². The number of aliphatic imine (C=N–C) groups is 1. The summed E-state index contributed by atoms with van der Waals surface area (Å²) in [6.45, 7) is 3.80. The molecule has 1 saturated heterocycles. The number of amides is 1. The van der Waals surface area contributed by atoms with Crippen molar-refractivity contribution in [1.82, 2.24) is 15.5 Å². The number of guanidine groups is 1. The molecule has 3 heterocycles. The van der Waals surface area contributed by atoms with E-state index >= 15 is 0 Å². The van der Waals surface area contributed by atoms with Crippen LogP contribution in [-0.4, -0.2) is 56.5 Å². The first-order chi connectivity index (χ1) is 15.3. The van der Waals surface area contributed by atoms with Gasteiger partial charge in [0.1, 0.15) is 5.76 Å². The third-order valence-corrected chi connectivity index (χ3v) is 6.21. The Bertz CT molecular complexity index is 874. The van der Waals surface area contributed by atoms with Crippen molar-refractivity contribution in [2.24, 2.45) is 4.99 Å². The lowest BCUT2D eigenvalue weighted by Gasteiger charge is -2.34. The van der Waals surface area contributed by atoms with Crippen LogP contribution < -0.4 is 15.5 Å². The monoisotopic (exact) mass is 423 g/mol. The van der Waals surface area contributed by atoms with E-state index in [9.17, 15) is 4.79 Å². The van der Waals surface area contributed by atoms with Gasteiger partial charge < -0.3 is 20.0 Å². The maximum Gasteiger partial charge on any atom is 0.246 e. The summed E-state index contributed by atoms with van der Waals surface area (Å²) >= 11 is 0. The lowest BCUT2D eigenvalue weighted by molar-refractivity contribution is -0.117. The quantitative estimate of drug-likeness (QED) is 0.552. The lowest BCUT2D eigenvalue weighted by atomic mass is 10.0. The minimum atomic E-state index is 0.0636. The van der Waals surface area contributed by atoms with Crippen LogP contribution in [0.4, 0.5) is 5.69 Å². The number of aryl methyl sites for hydroxylation is 1. The Hall–Kier alpha value is -2.80. The van der Waals surface area contributed by atoms with E-state index < -0.39 is 0 Å². The maximum absolute atomic E-state index is 12.9. The highest BCUT2D eigenvalue weighted by atomic mass is 16.3. The number of para-hydroxylation sites is 1. The summed E-state index contributed by atoms with van der Waals surface area (Å²) in [4.78, 5) is 21.6. The first kappa shape index (κ1) is 21.4. The molecule has 1 aromatic carbocycles. The van der Waals surface area contributed by atoms with Crippen molar-refractivity contribution in [2.75, 3.05) is 44.7 Å². The number of furan rings is 1. The number of piperidine rings is 1. The second-order valence-corrected chi connectivity index (χ2v) is 8.21. The molecule has 7 nitrogen and oxygen atoms in total. The van der Waals surface area contributed by atoms with Crippen LogP contribution in [0.3, 0.4) is 0 Å². The molecule has 1 amide bonds. The Balaban J connectivity index is 1.33. The number of likely N-dealkylation sites (tertiary alicyclic amines) is 1. The fourth-order valence-corrected chi connectivity index (χ4v) is 4.58. The van der Waals surface area contributed by atoms with Gasteiger partial charge >= 0.3 is 0 Å². The maximum atomic E-state index is 12.9. The Kier molecular flexibility index (Phi) is 7.25. The number of anilines is 1. The van der Waals surface area contributed by atoms with Gasteiger partial charge in [-0.3, -0.25) is 14.7 Å². The second kappa shape index (κ2) is 10.5. The molecule has 0 aliphatic carbocycles. The molecule has 31 heavy (non-hydrogen) atoms. The minimum absolute atomic E-state index is 0.0636. The highest BCUT2D eigenvalue weighted by Crippen LogP contribution is 2.27. The SMILES string of the molecule is CN=C(NCC(=O)N1CCCc2ccccc21)NCC(c1ccco1)N1CCCCC1. The first-order valence-electron chi connectivity index (χ1n) is 11.4. The van der Waals surface area contributed by atoms with E-state index in [4.69, 9.17) is 4.42 Å². The molecule has 7 heteroatoms. The van der Waals surface area contributed by atoms with E-state index in [0.29, 0.717) is 12.5 Å². The molecule has 2 aliphatic heterocycles. The van der Waals surface area contributed by atoms with Crippen LogP contribution in [0, 0.1) is 0 Å². The van der Waals surface area contributed by atoms with E-state index in [1.807, 2.05) is 35.2 Å². The molecule has 2 aliphatic rings. The van der Waals surface area contributed by atoms with Crippen LogP contribution in [0.5, 0.6) is 0 Å². The number of fused-ring (bicyclic) bond motifs is 1. The molecular formula is C24H33N5O2. The number of hydrogen-bond acceptors (Lipinski definition) is 4. The largest absolute Gasteiger partial charge is 0.468 e. The molecular weight excluding hydrogens is 390 g/mol. The number of benzene rings is 1. The molecule has 0 radical (unpaired) electrons. The third-order valence-electron chi connectivity index (χ3n) is 6.21. The van der Waals surface area contributed by atoms with Crippen molar-refractivity contribution in [3.05, 3.63) is 54.0 Å². The van der Waals surface area contributed by atoms with Gasteiger partial charge in [-0.1, -0.05) is 24.6 Å². The molecule has 2 N–H and O–H groups in total. The van der Waals surface area contributed by atoms with Crippen LogP contribution in [0.15, 0.2) is 52.1 Å². The van der Waals surface area contributed by atoms with Gasteiger partial charge in [0, 0.05) is 25.8 Å². The highest BCUT2D eigenvalue weighted by molar-refractivity contribution is 5.98. The summed E-state index contributed by atoms with van der Waals surface area (Å²) in [5, 5.41) is 6.60. The van der Waals surface area contributed by atoms with Crippen LogP contribution in [0.25, 0.3) is 0 Å².